The lowest BCUT2D eigenvalue weighted by Gasteiger charge is -2.21. The standard InChI is InChI=1S/C16H23N3/c1-3-19(4-2)11-9-16(17)14-7-5-6-13-8-10-18-12-15(13)14/h5-8,10,12,16H,3-4,9,11,17H2,1-2H3. The molecule has 102 valence electrons. The second-order valence-corrected chi connectivity index (χ2v) is 4.87. The Morgan fingerprint density at radius 3 is 2.74 bits per heavy atom. The highest BCUT2D eigenvalue weighted by Crippen LogP contribution is 2.24. The van der Waals surface area contributed by atoms with E-state index in [1.54, 1.807) is 0 Å². The van der Waals surface area contributed by atoms with E-state index in [-0.39, 0.29) is 6.04 Å². The maximum absolute atomic E-state index is 6.36. The van der Waals surface area contributed by atoms with Gasteiger partial charge in [0.1, 0.15) is 0 Å². The Kier molecular flexibility index (Phi) is 4.88. The zero-order valence-electron chi connectivity index (χ0n) is 11.8. The molecule has 0 bridgehead atoms. The van der Waals surface area contributed by atoms with Crippen LogP contribution in [-0.4, -0.2) is 29.5 Å². The highest BCUT2D eigenvalue weighted by Gasteiger charge is 2.11. The van der Waals surface area contributed by atoms with Crippen molar-refractivity contribution < 1.29 is 0 Å². The molecule has 19 heavy (non-hydrogen) atoms. The fourth-order valence-corrected chi connectivity index (χ4v) is 2.48. The van der Waals surface area contributed by atoms with Gasteiger partial charge in [-0.1, -0.05) is 32.0 Å². The van der Waals surface area contributed by atoms with Gasteiger partial charge in [-0.25, -0.2) is 0 Å². The van der Waals surface area contributed by atoms with E-state index < -0.39 is 0 Å². The number of fused-ring (bicyclic) bond motifs is 1. The van der Waals surface area contributed by atoms with Crippen LogP contribution in [0.5, 0.6) is 0 Å². The van der Waals surface area contributed by atoms with Crippen molar-refractivity contribution in [3.8, 4) is 0 Å². The Hall–Kier alpha value is -1.45. The zero-order chi connectivity index (χ0) is 13.7. The summed E-state index contributed by atoms with van der Waals surface area (Å²) in [6, 6.07) is 8.42. The SMILES string of the molecule is CCN(CC)CCC(N)c1cccc2ccncc12. The number of hydrogen-bond acceptors (Lipinski definition) is 3. The van der Waals surface area contributed by atoms with Gasteiger partial charge in [0.05, 0.1) is 0 Å². The molecule has 0 amide bonds. The van der Waals surface area contributed by atoms with E-state index in [2.05, 4.69) is 41.9 Å². The van der Waals surface area contributed by atoms with Crippen molar-refractivity contribution in [1.82, 2.24) is 9.88 Å². The molecule has 0 spiro atoms. The monoisotopic (exact) mass is 257 g/mol. The van der Waals surface area contributed by atoms with Crippen molar-refractivity contribution in [1.29, 1.82) is 0 Å². The highest BCUT2D eigenvalue weighted by atomic mass is 15.1. The lowest BCUT2D eigenvalue weighted by molar-refractivity contribution is 0.291. The summed E-state index contributed by atoms with van der Waals surface area (Å²) in [4.78, 5) is 6.62. The van der Waals surface area contributed by atoms with Gasteiger partial charge in [0, 0.05) is 23.8 Å². The Labute approximate surface area is 115 Å². The summed E-state index contributed by atoms with van der Waals surface area (Å²) in [5, 5.41) is 2.39. The Morgan fingerprint density at radius 2 is 2.00 bits per heavy atom. The van der Waals surface area contributed by atoms with Crippen LogP contribution in [0.3, 0.4) is 0 Å². The van der Waals surface area contributed by atoms with E-state index in [0.29, 0.717) is 0 Å². The van der Waals surface area contributed by atoms with E-state index in [4.69, 9.17) is 5.73 Å². The smallest absolute Gasteiger partial charge is 0.0349 e. The molecule has 0 saturated heterocycles. The van der Waals surface area contributed by atoms with Crippen LogP contribution < -0.4 is 5.73 Å². The lowest BCUT2D eigenvalue weighted by Crippen LogP contribution is -2.27. The fourth-order valence-electron chi connectivity index (χ4n) is 2.48. The molecular formula is C16H23N3. The van der Waals surface area contributed by atoms with Crippen LogP contribution in [0.1, 0.15) is 31.9 Å². The summed E-state index contributed by atoms with van der Waals surface area (Å²) >= 11 is 0. The van der Waals surface area contributed by atoms with Crippen molar-refractivity contribution in [3.05, 3.63) is 42.2 Å². The number of nitrogens with two attached hydrogens (primary N) is 1. The minimum absolute atomic E-state index is 0.0773. The van der Waals surface area contributed by atoms with Crippen LogP contribution >= 0.6 is 0 Å². The van der Waals surface area contributed by atoms with Crippen molar-refractivity contribution in [2.45, 2.75) is 26.3 Å². The third kappa shape index (κ3) is 3.31. The number of pyridine rings is 1. The molecular weight excluding hydrogens is 234 g/mol. The molecule has 3 nitrogen and oxygen atoms in total. The van der Waals surface area contributed by atoms with Gasteiger partial charge < -0.3 is 10.6 Å². The average molecular weight is 257 g/mol. The third-order valence-electron chi connectivity index (χ3n) is 3.77. The normalized spacial score (nSPS) is 13.1. The van der Waals surface area contributed by atoms with Crippen LogP contribution in [-0.2, 0) is 0 Å². The van der Waals surface area contributed by atoms with E-state index in [9.17, 15) is 0 Å². The first-order valence-electron chi connectivity index (χ1n) is 7.06. The molecule has 0 aliphatic heterocycles. The van der Waals surface area contributed by atoms with Gasteiger partial charge in [-0.3, -0.25) is 4.98 Å². The first-order valence-corrected chi connectivity index (χ1v) is 7.06. The summed E-state index contributed by atoms with van der Waals surface area (Å²) in [6.45, 7) is 7.60. The zero-order valence-corrected chi connectivity index (χ0v) is 11.8. The number of nitrogens with zero attached hydrogens (tertiary/aromatic N) is 2. The molecule has 0 aliphatic rings. The number of rotatable bonds is 6. The van der Waals surface area contributed by atoms with Crippen LogP contribution in [0.4, 0.5) is 0 Å². The van der Waals surface area contributed by atoms with Gasteiger partial charge in [0.15, 0.2) is 0 Å². The summed E-state index contributed by atoms with van der Waals surface area (Å²) in [5.41, 5.74) is 7.57. The Balaban J connectivity index is 2.15. The molecule has 0 saturated carbocycles. The van der Waals surface area contributed by atoms with Gasteiger partial charge in [0.25, 0.3) is 0 Å². The first kappa shape index (κ1) is 14.0. The average Bonchev–Trinajstić information content (AvgIpc) is 2.47. The van der Waals surface area contributed by atoms with Gasteiger partial charge >= 0.3 is 0 Å². The Bertz CT molecular complexity index is 515. The summed E-state index contributed by atoms with van der Waals surface area (Å²) < 4.78 is 0. The van der Waals surface area contributed by atoms with E-state index in [1.165, 1.54) is 16.3 Å². The van der Waals surface area contributed by atoms with Gasteiger partial charge in [-0.05, 0) is 43.1 Å². The van der Waals surface area contributed by atoms with Crippen molar-refractivity contribution in [2.75, 3.05) is 19.6 Å². The van der Waals surface area contributed by atoms with E-state index >= 15 is 0 Å². The molecule has 1 unspecified atom stereocenters. The second kappa shape index (κ2) is 6.64. The maximum Gasteiger partial charge on any atom is 0.0349 e. The van der Waals surface area contributed by atoms with Crippen molar-refractivity contribution in [2.24, 2.45) is 5.73 Å². The summed E-state index contributed by atoms with van der Waals surface area (Å²) in [7, 11) is 0. The number of hydrogen-bond donors (Lipinski definition) is 1. The van der Waals surface area contributed by atoms with Crippen molar-refractivity contribution in [3.63, 3.8) is 0 Å². The third-order valence-corrected chi connectivity index (χ3v) is 3.77. The Morgan fingerprint density at radius 1 is 1.21 bits per heavy atom. The number of benzene rings is 1. The van der Waals surface area contributed by atoms with Crippen LogP contribution in [0, 0.1) is 0 Å². The molecule has 1 atom stereocenters. The van der Waals surface area contributed by atoms with Crippen LogP contribution in [0.25, 0.3) is 10.8 Å². The van der Waals surface area contributed by atoms with Gasteiger partial charge in [-0.15, -0.1) is 0 Å². The van der Waals surface area contributed by atoms with Crippen LogP contribution in [0.2, 0.25) is 0 Å². The minimum Gasteiger partial charge on any atom is -0.324 e. The minimum atomic E-state index is 0.0773. The van der Waals surface area contributed by atoms with E-state index in [1.807, 2.05) is 18.5 Å². The summed E-state index contributed by atoms with van der Waals surface area (Å²) in [6.07, 6.45) is 4.73. The second-order valence-electron chi connectivity index (χ2n) is 4.87. The predicted octanol–water partition coefficient (Wildman–Crippen LogP) is 2.97. The van der Waals surface area contributed by atoms with Gasteiger partial charge in [-0.2, -0.15) is 0 Å². The van der Waals surface area contributed by atoms with E-state index in [0.717, 1.165) is 26.1 Å². The molecule has 1 aromatic heterocycles. The molecule has 1 aromatic carbocycles. The fraction of sp³-hybridized carbons (Fsp3) is 0.438. The van der Waals surface area contributed by atoms with Crippen molar-refractivity contribution >= 4 is 10.8 Å². The molecule has 2 N–H and O–H groups in total. The van der Waals surface area contributed by atoms with Crippen LogP contribution in [0.15, 0.2) is 36.7 Å². The molecule has 3 heteroatoms. The first-order chi connectivity index (χ1) is 9.26. The largest absolute Gasteiger partial charge is 0.324 e. The molecule has 0 radical (unpaired) electrons. The quantitative estimate of drug-likeness (QED) is 0.865. The molecule has 2 aromatic rings. The topological polar surface area (TPSA) is 42.1 Å². The molecule has 2 rings (SSSR count). The molecule has 0 fully saturated rings. The lowest BCUT2D eigenvalue weighted by atomic mass is 9.98. The molecule has 1 heterocycles. The molecule has 0 aliphatic carbocycles. The maximum atomic E-state index is 6.36. The highest BCUT2D eigenvalue weighted by molar-refractivity contribution is 5.85. The predicted molar refractivity (Wildman–Crippen MR) is 81.1 cm³/mol. The summed E-state index contributed by atoms with van der Waals surface area (Å²) in [5.74, 6) is 0. The number of aromatic nitrogens is 1. The van der Waals surface area contributed by atoms with Gasteiger partial charge in [0.2, 0.25) is 0 Å².